The third-order valence-electron chi connectivity index (χ3n) is 5.60. The Kier molecular flexibility index (Phi) is 5.04. The molecule has 0 bridgehead atoms. The van der Waals surface area contributed by atoms with Crippen LogP contribution in [0.25, 0.3) is 0 Å². The highest BCUT2D eigenvalue weighted by molar-refractivity contribution is 7.12. The van der Waals surface area contributed by atoms with Crippen LogP contribution in [0.1, 0.15) is 69.0 Å². The van der Waals surface area contributed by atoms with Gasteiger partial charge in [-0.2, -0.15) is 0 Å². The molecule has 2 amide bonds. The summed E-state index contributed by atoms with van der Waals surface area (Å²) < 4.78 is 5.86. The maximum absolute atomic E-state index is 12.7. The number of thiophene rings is 1. The number of rotatable bonds is 3. The van der Waals surface area contributed by atoms with Crippen LogP contribution in [-0.2, 0) is 0 Å². The predicted molar refractivity (Wildman–Crippen MR) is 103 cm³/mol. The Hall–Kier alpha value is -2.15. The molecular formula is C20H25N3O3S. The predicted octanol–water partition coefficient (Wildman–Crippen LogP) is 3.61. The monoisotopic (exact) mass is 387 g/mol. The van der Waals surface area contributed by atoms with E-state index in [0.29, 0.717) is 30.4 Å². The van der Waals surface area contributed by atoms with Gasteiger partial charge in [0.25, 0.3) is 11.8 Å². The van der Waals surface area contributed by atoms with Crippen LogP contribution in [0.4, 0.5) is 0 Å². The molecule has 2 fully saturated rings. The maximum atomic E-state index is 12.7. The van der Waals surface area contributed by atoms with Crippen molar-refractivity contribution in [3.05, 3.63) is 39.2 Å². The lowest BCUT2D eigenvalue weighted by Crippen LogP contribution is -2.37. The Morgan fingerprint density at radius 1 is 1.07 bits per heavy atom. The molecule has 2 aliphatic heterocycles. The van der Waals surface area contributed by atoms with Gasteiger partial charge in [-0.05, 0) is 56.5 Å². The van der Waals surface area contributed by atoms with Crippen molar-refractivity contribution < 1.29 is 14.0 Å². The van der Waals surface area contributed by atoms with Gasteiger partial charge >= 0.3 is 0 Å². The summed E-state index contributed by atoms with van der Waals surface area (Å²) in [5.41, 5.74) is 1.50. The number of aryl methyl sites for hydroxylation is 2. The summed E-state index contributed by atoms with van der Waals surface area (Å²) in [7, 11) is 0. The minimum atomic E-state index is -0.0132. The highest BCUT2D eigenvalue weighted by atomic mass is 32.1. The Morgan fingerprint density at radius 3 is 2.37 bits per heavy atom. The number of hydrogen-bond donors (Lipinski definition) is 0. The van der Waals surface area contributed by atoms with Crippen molar-refractivity contribution in [3.63, 3.8) is 0 Å². The van der Waals surface area contributed by atoms with E-state index in [9.17, 15) is 9.59 Å². The molecule has 0 radical (unpaired) electrons. The Bertz CT molecular complexity index is 843. The van der Waals surface area contributed by atoms with Crippen LogP contribution in [0, 0.1) is 13.8 Å². The average molecular weight is 388 g/mol. The molecule has 6 nitrogen and oxygen atoms in total. The van der Waals surface area contributed by atoms with Gasteiger partial charge in [0.2, 0.25) is 0 Å². The van der Waals surface area contributed by atoms with Gasteiger partial charge < -0.3 is 14.2 Å². The second-order valence-corrected chi connectivity index (χ2v) is 8.37. The van der Waals surface area contributed by atoms with Gasteiger partial charge in [-0.15, -0.1) is 11.3 Å². The van der Waals surface area contributed by atoms with Gasteiger partial charge in [0, 0.05) is 32.1 Å². The van der Waals surface area contributed by atoms with Crippen LogP contribution in [0.15, 0.2) is 15.9 Å². The summed E-state index contributed by atoms with van der Waals surface area (Å²) in [5, 5.41) is 1.96. The van der Waals surface area contributed by atoms with E-state index in [1.54, 1.807) is 0 Å². The van der Waals surface area contributed by atoms with Crippen molar-refractivity contribution >= 4 is 23.2 Å². The van der Waals surface area contributed by atoms with E-state index in [2.05, 4.69) is 4.98 Å². The summed E-state index contributed by atoms with van der Waals surface area (Å²) in [6.45, 7) is 6.80. The molecule has 0 aliphatic carbocycles. The smallest absolute Gasteiger partial charge is 0.276 e. The molecule has 144 valence electrons. The molecular weight excluding hydrogens is 362 g/mol. The number of aromatic nitrogens is 1. The second kappa shape index (κ2) is 7.46. The minimum absolute atomic E-state index is 0.0132. The van der Waals surface area contributed by atoms with Crippen LogP contribution < -0.4 is 0 Å². The SMILES string of the molecule is Cc1ccsc1C(=O)N1CCC(c2nc(C(=O)N3CCCC3)c(C)o2)CC1. The zero-order valence-corrected chi connectivity index (χ0v) is 16.7. The van der Waals surface area contributed by atoms with Crippen LogP contribution >= 0.6 is 11.3 Å². The molecule has 2 saturated heterocycles. The van der Waals surface area contributed by atoms with E-state index < -0.39 is 0 Å². The Balaban J connectivity index is 1.41. The molecule has 2 aromatic heterocycles. The first-order chi connectivity index (χ1) is 13.0. The fourth-order valence-electron chi connectivity index (χ4n) is 3.92. The Morgan fingerprint density at radius 2 is 1.74 bits per heavy atom. The third kappa shape index (κ3) is 3.52. The lowest BCUT2D eigenvalue weighted by atomic mass is 9.96. The van der Waals surface area contributed by atoms with Crippen molar-refractivity contribution in [2.75, 3.05) is 26.2 Å². The Labute approximate surface area is 163 Å². The fourth-order valence-corrected chi connectivity index (χ4v) is 4.82. The molecule has 2 aliphatic rings. The number of likely N-dealkylation sites (tertiary alicyclic amines) is 2. The van der Waals surface area contributed by atoms with Gasteiger partial charge in [-0.3, -0.25) is 9.59 Å². The third-order valence-corrected chi connectivity index (χ3v) is 6.60. The standard InChI is InChI=1S/C20H25N3O3S/c1-13-7-12-27-17(13)20(25)23-10-5-15(6-11-23)18-21-16(14(2)26-18)19(24)22-8-3-4-9-22/h7,12,15H,3-6,8-11H2,1-2H3. The zero-order chi connectivity index (χ0) is 19.0. The number of oxazole rings is 1. The van der Waals surface area contributed by atoms with Crippen LogP contribution in [0.2, 0.25) is 0 Å². The molecule has 2 aromatic rings. The van der Waals surface area contributed by atoms with Gasteiger partial charge in [-0.1, -0.05) is 0 Å². The maximum Gasteiger partial charge on any atom is 0.276 e. The number of nitrogens with zero attached hydrogens (tertiary/aromatic N) is 3. The second-order valence-electron chi connectivity index (χ2n) is 7.46. The summed E-state index contributed by atoms with van der Waals surface area (Å²) in [6, 6.07) is 1.99. The summed E-state index contributed by atoms with van der Waals surface area (Å²) >= 11 is 1.50. The van der Waals surface area contributed by atoms with Crippen molar-refractivity contribution in [2.45, 2.75) is 45.4 Å². The van der Waals surface area contributed by atoms with E-state index in [1.807, 2.05) is 35.1 Å². The molecule has 0 spiro atoms. The highest BCUT2D eigenvalue weighted by Crippen LogP contribution is 2.31. The van der Waals surface area contributed by atoms with Crippen molar-refractivity contribution in [3.8, 4) is 0 Å². The molecule has 0 aromatic carbocycles. The largest absolute Gasteiger partial charge is 0.445 e. The summed E-state index contributed by atoms with van der Waals surface area (Å²) in [6.07, 6.45) is 3.75. The molecule has 7 heteroatoms. The van der Waals surface area contributed by atoms with E-state index in [4.69, 9.17) is 4.42 Å². The molecule has 0 unspecified atom stereocenters. The first-order valence-corrected chi connectivity index (χ1v) is 10.5. The van der Waals surface area contributed by atoms with Gasteiger partial charge in [0.1, 0.15) is 5.76 Å². The average Bonchev–Trinajstić information content (AvgIpc) is 3.42. The highest BCUT2D eigenvalue weighted by Gasteiger charge is 2.31. The molecule has 0 N–H and O–H groups in total. The normalized spacial score (nSPS) is 18.3. The van der Waals surface area contributed by atoms with Gasteiger partial charge in [0.15, 0.2) is 11.6 Å². The van der Waals surface area contributed by atoms with Crippen molar-refractivity contribution in [1.29, 1.82) is 0 Å². The lowest BCUT2D eigenvalue weighted by Gasteiger charge is -2.30. The number of carbonyl (C=O) groups is 2. The molecule has 0 saturated carbocycles. The van der Waals surface area contributed by atoms with Crippen LogP contribution in [0.3, 0.4) is 0 Å². The van der Waals surface area contributed by atoms with Crippen molar-refractivity contribution in [2.24, 2.45) is 0 Å². The summed E-state index contributed by atoms with van der Waals surface area (Å²) in [5.74, 6) is 1.52. The molecule has 27 heavy (non-hydrogen) atoms. The minimum Gasteiger partial charge on any atom is -0.445 e. The summed E-state index contributed by atoms with van der Waals surface area (Å²) in [4.78, 5) is 34.5. The molecule has 4 heterocycles. The fraction of sp³-hybridized carbons (Fsp3) is 0.550. The van der Waals surface area contributed by atoms with Crippen molar-refractivity contribution in [1.82, 2.24) is 14.8 Å². The van der Waals surface area contributed by atoms with E-state index in [-0.39, 0.29) is 17.7 Å². The number of amides is 2. The van der Waals surface area contributed by atoms with Crippen LogP contribution in [0.5, 0.6) is 0 Å². The van der Waals surface area contributed by atoms with Gasteiger partial charge in [-0.25, -0.2) is 4.98 Å². The lowest BCUT2D eigenvalue weighted by molar-refractivity contribution is 0.0710. The topological polar surface area (TPSA) is 66.7 Å². The van der Waals surface area contributed by atoms with E-state index in [1.165, 1.54) is 11.3 Å². The number of carbonyl (C=O) groups excluding carboxylic acids is 2. The first-order valence-electron chi connectivity index (χ1n) is 9.64. The molecule has 4 rings (SSSR count). The molecule has 0 atom stereocenters. The zero-order valence-electron chi connectivity index (χ0n) is 15.9. The number of piperidine rings is 1. The first kappa shape index (κ1) is 18.2. The quantitative estimate of drug-likeness (QED) is 0.807. The van der Waals surface area contributed by atoms with Crippen LogP contribution in [-0.4, -0.2) is 52.8 Å². The van der Waals surface area contributed by atoms with Gasteiger partial charge in [0.05, 0.1) is 4.88 Å². The van der Waals surface area contributed by atoms with E-state index in [0.717, 1.165) is 49.2 Å². The number of hydrogen-bond acceptors (Lipinski definition) is 5. The van der Waals surface area contributed by atoms with E-state index >= 15 is 0 Å².